The van der Waals surface area contributed by atoms with Crippen LogP contribution in [0.2, 0.25) is 0 Å². The Morgan fingerprint density at radius 2 is 1.52 bits per heavy atom. The van der Waals surface area contributed by atoms with Crippen molar-refractivity contribution >= 4 is 40.2 Å². The predicted octanol–water partition coefficient (Wildman–Crippen LogP) is 4.40. The Balaban J connectivity index is 1.12. The Morgan fingerprint density at radius 3 is 2.25 bits per heavy atom. The molecule has 2 heterocycles. The van der Waals surface area contributed by atoms with Crippen LogP contribution in [0.4, 0.5) is 0 Å². The number of likely N-dealkylation sites (tertiary alicyclic amines) is 1. The Bertz CT molecular complexity index is 1520. The summed E-state index contributed by atoms with van der Waals surface area (Å²) in [6.45, 7) is -0.522. The first kappa shape index (κ1) is 25.7. The lowest BCUT2D eigenvalue weighted by molar-refractivity contribution is -0.153. The third kappa shape index (κ3) is 4.93. The summed E-state index contributed by atoms with van der Waals surface area (Å²) in [6, 6.07) is 23.5. The van der Waals surface area contributed by atoms with Crippen molar-refractivity contribution in [2.24, 2.45) is 16.9 Å². The van der Waals surface area contributed by atoms with Crippen LogP contribution in [-0.4, -0.2) is 52.5 Å². The van der Waals surface area contributed by atoms with Crippen LogP contribution in [0.15, 0.2) is 90.0 Å². The fraction of sp³-hybridized carbons (Fsp3) is 0.281. The fourth-order valence-electron chi connectivity index (χ4n) is 5.79. The van der Waals surface area contributed by atoms with E-state index in [9.17, 15) is 19.2 Å². The standard InChI is InChI=1S/C32H29N3O5/c36-29(20-40-30(37)16-17-34-31(38)25-12-6-7-13-26(25)32(34)39)35-28(22-9-2-1-3-10-22)19-27(33-35)24-15-14-21-8-4-5-11-23(21)18-24/h1-11,14-15,18,25-26,28H,12-13,16-17,19-20H2/t25-,26-,28+/m1/s1. The normalized spacial score (nSPS) is 22.0. The van der Waals surface area contributed by atoms with E-state index in [0.29, 0.717) is 19.3 Å². The number of carbonyl (C=O) groups is 4. The summed E-state index contributed by atoms with van der Waals surface area (Å²) in [6.07, 6.45) is 5.30. The summed E-state index contributed by atoms with van der Waals surface area (Å²) >= 11 is 0. The Kier molecular flexibility index (Phi) is 6.99. The van der Waals surface area contributed by atoms with Gasteiger partial charge in [-0.3, -0.25) is 24.1 Å². The highest BCUT2D eigenvalue weighted by atomic mass is 16.5. The van der Waals surface area contributed by atoms with Gasteiger partial charge >= 0.3 is 5.97 Å². The number of allylic oxidation sites excluding steroid dienone is 2. The first-order chi connectivity index (χ1) is 19.5. The predicted molar refractivity (Wildman–Crippen MR) is 149 cm³/mol. The van der Waals surface area contributed by atoms with Crippen LogP contribution < -0.4 is 0 Å². The van der Waals surface area contributed by atoms with Gasteiger partial charge in [-0.05, 0) is 40.8 Å². The van der Waals surface area contributed by atoms with Crippen LogP contribution in [-0.2, 0) is 23.9 Å². The molecule has 1 saturated heterocycles. The van der Waals surface area contributed by atoms with E-state index in [4.69, 9.17) is 4.74 Å². The van der Waals surface area contributed by atoms with Crippen LogP contribution in [0.5, 0.6) is 0 Å². The SMILES string of the molecule is O=C(CCN1C(=O)[C@@H]2CC=CC[C@H]2C1=O)OCC(=O)N1N=C(c2ccc3ccccc3c2)C[C@H]1c1ccccc1. The van der Waals surface area contributed by atoms with E-state index < -0.39 is 18.5 Å². The molecular formula is C32H29N3O5. The second kappa shape index (κ2) is 10.9. The van der Waals surface area contributed by atoms with E-state index in [1.807, 2.05) is 78.9 Å². The highest BCUT2D eigenvalue weighted by molar-refractivity contribution is 6.06. The second-order valence-corrected chi connectivity index (χ2v) is 10.4. The van der Waals surface area contributed by atoms with E-state index in [1.54, 1.807) is 0 Å². The molecule has 0 bridgehead atoms. The zero-order chi connectivity index (χ0) is 27.6. The largest absolute Gasteiger partial charge is 0.455 e. The van der Waals surface area contributed by atoms with Gasteiger partial charge in [0.05, 0.1) is 30.0 Å². The van der Waals surface area contributed by atoms with Crippen LogP contribution >= 0.6 is 0 Å². The highest BCUT2D eigenvalue weighted by Crippen LogP contribution is 2.35. The lowest BCUT2D eigenvalue weighted by Crippen LogP contribution is -2.34. The van der Waals surface area contributed by atoms with Gasteiger partial charge < -0.3 is 4.74 Å². The molecule has 3 aliphatic rings. The first-order valence-corrected chi connectivity index (χ1v) is 13.6. The number of amides is 3. The number of benzene rings is 3. The van der Waals surface area contributed by atoms with Gasteiger partial charge in [0, 0.05) is 13.0 Å². The molecule has 1 fully saturated rings. The third-order valence-electron chi connectivity index (χ3n) is 7.93. The first-order valence-electron chi connectivity index (χ1n) is 13.6. The van der Waals surface area contributed by atoms with Crippen molar-refractivity contribution in [3.8, 4) is 0 Å². The zero-order valence-corrected chi connectivity index (χ0v) is 21.9. The minimum absolute atomic E-state index is 0.0433. The maximum atomic E-state index is 13.3. The van der Waals surface area contributed by atoms with Crippen molar-refractivity contribution in [3.05, 3.63) is 96.1 Å². The maximum absolute atomic E-state index is 13.3. The average molecular weight is 536 g/mol. The Hall–Kier alpha value is -4.59. The van der Waals surface area contributed by atoms with E-state index in [0.717, 1.165) is 32.5 Å². The van der Waals surface area contributed by atoms with Crippen LogP contribution in [0.1, 0.15) is 42.9 Å². The van der Waals surface area contributed by atoms with Crippen molar-refractivity contribution in [1.82, 2.24) is 9.91 Å². The smallest absolute Gasteiger partial charge is 0.308 e. The van der Waals surface area contributed by atoms with Gasteiger partial charge in [0.1, 0.15) is 0 Å². The summed E-state index contributed by atoms with van der Waals surface area (Å²) in [5.74, 6) is -2.23. The fourth-order valence-corrected chi connectivity index (χ4v) is 5.79. The molecule has 202 valence electrons. The summed E-state index contributed by atoms with van der Waals surface area (Å²) in [5.41, 5.74) is 2.65. The summed E-state index contributed by atoms with van der Waals surface area (Å²) in [7, 11) is 0. The molecule has 8 nitrogen and oxygen atoms in total. The maximum Gasteiger partial charge on any atom is 0.308 e. The summed E-state index contributed by atoms with van der Waals surface area (Å²) in [5, 5.41) is 8.29. The van der Waals surface area contributed by atoms with E-state index >= 15 is 0 Å². The average Bonchev–Trinajstić information content (AvgIpc) is 3.55. The Morgan fingerprint density at radius 1 is 0.850 bits per heavy atom. The molecule has 3 amide bonds. The number of nitrogens with zero attached hydrogens (tertiary/aromatic N) is 3. The molecule has 0 N–H and O–H groups in total. The van der Waals surface area contributed by atoms with Crippen molar-refractivity contribution in [2.75, 3.05) is 13.2 Å². The van der Waals surface area contributed by atoms with Gasteiger partial charge in [-0.1, -0.05) is 78.9 Å². The van der Waals surface area contributed by atoms with Gasteiger partial charge in [0.25, 0.3) is 5.91 Å². The van der Waals surface area contributed by atoms with Crippen molar-refractivity contribution < 1.29 is 23.9 Å². The van der Waals surface area contributed by atoms with Gasteiger partial charge in [-0.15, -0.1) is 0 Å². The number of ether oxygens (including phenoxy) is 1. The molecule has 3 aromatic rings. The van der Waals surface area contributed by atoms with E-state index in [-0.39, 0.29) is 42.7 Å². The Labute approximate surface area is 231 Å². The summed E-state index contributed by atoms with van der Waals surface area (Å²) in [4.78, 5) is 52.2. The lowest BCUT2D eigenvalue weighted by Gasteiger charge is -2.22. The summed E-state index contributed by atoms with van der Waals surface area (Å²) < 4.78 is 5.29. The van der Waals surface area contributed by atoms with Gasteiger partial charge in [-0.25, -0.2) is 5.01 Å². The van der Waals surface area contributed by atoms with Crippen LogP contribution in [0.3, 0.4) is 0 Å². The molecule has 0 aromatic heterocycles. The molecule has 3 aromatic carbocycles. The van der Waals surface area contributed by atoms with Gasteiger partial charge in [0.2, 0.25) is 11.8 Å². The topological polar surface area (TPSA) is 96.3 Å². The molecule has 0 saturated carbocycles. The zero-order valence-electron chi connectivity index (χ0n) is 21.9. The third-order valence-corrected chi connectivity index (χ3v) is 7.93. The number of esters is 1. The molecular weight excluding hydrogens is 506 g/mol. The number of imide groups is 1. The molecule has 6 rings (SSSR count). The number of fused-ring (bicyclic) bond motifs is 2. The molecule has 2 aliphatic heterocycles. The molecule has 3 atom stereocenters. The number of hydrogen-bond acceptors (Lipinski definition) is 6. The minimum atomic E-state index is -0.642. The highest BCUT2D eigenvalue weighted by Gasteiger charge is 2.47. The van der Waals surface area contributed by atoms with Gasteiger partial charge in [-0.2, -0.15) is 5.10 Å². The quantitative estimate of drug-likeness (QED) is 0.254. The van der Waals surface area contributed by atoms with Crippen molar-refractivity contribution in [1.29, 1.82) is 0 Å². The molecule has 1 aliphatic carbocycles. The molecule has 0 unspecified atom stereocenters. The van der Waals surface area contributed by atoms with E-state index in [2.05, 4.69) is 11.2 Å². The number of hydrogen-bond donors (Lipinski definition) is 0. The van der Waals surface area contributed by atoms with Crippen LogP contribution in [0.25, 0.3) is 10.8 Å². The number of carbonyl (C=O) groups excluding carboxylic acids is 4. The van der Waals surface area contributed by atoms with Gasteiger partial charge in [0.15, 0.2) is 6.61 Å². The molecule has 0 spiro atoms. The van der Waals surface area contributed by atoms with E-state index in [1.165, 1.54) is 5.01 Å². The number of hydrazone groups is 1. The molecule has 40 heavy (non-hydrogen) atoms. The van der Waals surface area contributed by atoms with Crippen molar-refractivity contribution in [3.63, 3.8) is 0 Å². The number of rotatable bonds is 7. The minimum Gasteiger partial charge on any atom is -0.455 e. The second-order valence-electron chi connectivity index (χ2n) is 10.4. The van der Waals surface area contributed by atoms with Crippen LogP contribution in [0, 0.1) is 11.8 Å². The van der Waals surface area contributed by atoms with Crippen molar-refractivity contribution in [2.45, 2.75) is 31.7 Å². The molecule has 8 heteroatoms. The monoisotopic (exact) mass is 535 g/mol. The lowest BCUT2D eigenvalue weighted by atomic mass is 9.85. The molecule has 0 radical (unpaired) electrons.